The fraction of sp³-hybridized carbons (Fsp3) is 0.462. The molecule has 0 aliphatic heterocycles. The van der Waals surface area contributed by atoms with Gasteiger partial charge in [0.2, 0.25) is 0 Å². The number of benzene rings is 1. The minimum absolute atomic E-state index is 0.186. The molecule has 0 bridgehead atoms. The molecule has 0 aromatic heterocycles. The van der Waals surface area contributed by atoms with Crippen molar-refractivity contribution in [3.8, 4) is 0 Å². The molecule has 0 fully saturated rings. The van der Waals surface area contributed by atoms with Gasteiger partial charge >= 0.3 is 5.97 Å². The molecule has 0 saturated heterocycles. The van der Waals surface area contributed by atoms with Crippen LogP contribution in [0.3, 0.4) is 0 Å². The summed E-state index contributed by atoms with van der Waals surface area (Å²) in [5.41, 5.74) is 0.931. The first-order valence-electron chi connectivity index (χ1n) is 5.54. The molecular formula is C13H18O3. The molecule has 0 aliphatic rings. The normalized spacial score (nSPS) is 12.1. The molecule has 0 radical (unpaired) electrons. The summed E-state index contributed by atoms with van der Waals surface area (Å²) in [6.45, 7) is 0. The number of carbonyl (C=O) groups excluding carboxylic acids is 1. The van der Waals surface area contributed by atoms with Crippen molar-refractivity contribution in [1.29, 1.82) is 0 Å². The van der Waals surface area contributed by atoms with Crippen LogP contribution in [0.4, 0.5) is 0 Å². The number of hydrogen-bond acceptors (Lipinski definition) is 3. The van der Waals surface area contributed by atoms with Gasteiger partial charge < -0.3 is 9.84 Å². The number of esters is 1. The van der Waals surface area contributed by atoms with Crippen molar-refractivity contribution in [2.24, 2.45) is 0 Å². The van der Waals surface area contributed by atoms with Gasteiger partial charge in [-0.15, -0.1) is 0 Å². The van der Waals surface area contributed by atoms with Crippen molar-refractivity contribution in [2.75, 3.05) is 7.11 Å². The predicted molar refractivity (Wildman–Crippen MR) is 61.9 cm³/mol. The molecule has 3 heteroatoms. The summed E-state index contributed by atoms with van der Waals surface area (Å²) < 4.78 is 4.54. The van der Waals surface area contributed by atoms with Crippen LogP contribution in [0.5, 0.6) is 0 Å². The summed E-state index contributed by atoms with van der Waals surface area (Å²) >= 11 is 0. The summed E-state index contributed by atoms with van der Waals surface area (Å²) in [4.78, 5) is 10.8. The predicted octanol–water partition coefficient (Wildman–Crippen LogP) is 2.45. The number of aliphatic hydroxyl groups is 1. The van der Waals surface area contributed by atoms with Gasteiger partial charge in [0.05, 0.1) is 13.2 Å². The maximum absolute atomic E-state index is 10.8. The van der Waals surface area contributed by atoms with Gasteiger partial charge in [-0.3, -0.25) is 4.79 Å². The lowest BCUT2D eigenvalue weighted by Crippen LogP contribution is -2.01. The van der Waals surface area contributed by atoms with Crippen LogP contribution >= 0.6 is 0 Å². The Morgan fingerprint density at radius 2 is 2.00 bits per heavy atom. The highest BCUT2D eigenvalue weighted by atomic mass is 16.5. The van der Waals surface area contributed by atoms with E-state index >= 15 is 0 Å². The smallest absolute Gasteiger partial charge is 0.305 e. The molecule has 0 spiro atoms. The van der Waals surface area contributed by atoms with Gasteiger partial charge in [0, 0.05) is 6.42 Å². The van der Waals surface area contributed by atoms with E-state index in [9.17, 15) is 9.90 Å². The molecule has 0 amide bonds. The van der Waals surface area contributed by atoms with E-state index in [0.29, 0.717) is 12.8 Å². The van der Waals surface area contributed by atoms with Crippen molar-refractivity contribution >= 4 is 5.97 Å². The van der Waals surface area contributed by atoms with Gasteiger partial charge in [-0.05, 0) is 24.8 Å². The van der Waals surface area contributed by atoms with Gasteiger partial charge in [-0.1, -0.05) is 30.3 Å². The average Bonchev–Trinajstić information content (AvgIpc) is 2.35. The van der Waals surface area contributed by atoms with Crippen molar-refractivity contribution in [3.63, 3.8) is 0 Å². The third-order valence-electron chi connectivity index (χ3n) is 2.52. The lowest BCUT2D eigenvalue weighted by atomic mass is 10.0. The van der Waals surface area contributed by atoms with Gasteiger partial charge in [-0.2, -0.15) is 0 Å². The molecule has 1 unspecified atom stereocenters. The number of unbranched alkanes of at least 4 members (excludes halogenated alkanes) is 1. The largest absolute Gasteiger partial charge is 0.469 e. The zero-order valence-electron chi connectivity index (χ0n) is 9.56. The van der Waals surface area contributed by atoms with E-state index < -0.39 is 6.10 Å². The number of hydrogen-bond donors (Lipinski definition) is 1. The third-order valence-corrected chi connectivity index (χ3v) is 2.52. The molecular weight excluding hydrogens is 204 g/mol. The van der Waals surface area contributed by atoms with E-state index in [0.717, 1.165) is 18.4 Å². The molecule has 0 saturated carbocycles. The Morgan fingerprint density at radius 3 is 2.62 bits per heavy atom. The number of carbonyl (C=O) groups is 1. The summed E-state index contributed by atoms with van der Waals surface area (Å²) in [6, 6.07) is 9.56. The van der Waals surface area contributed by atoms with E-state index in [1.165, 1.54) is 7.11 Å². The van der Waals surface area contributed by atoms with Crippen molar-refractivity contribution in [1.82, 2.24) is 0 Å². The lowest BCUT2D eigenvalue weighted by molar-refractivity contribution is -0.140. The monoisotopic (exact) mass is 222 g/mol. The first kappa shape index (κ1) is 12.7. The van der Waals surface area contributed by atoms with E-state index in [1.807, 2.05) is 30.3 Å². The molecule has 16 heavy (non-hydrogen) atoms. The molecule has 0 heterocycles. The Bertz CT molecular complexity index is 308. The minimum atomic E-state index is -0.432. The first-order valence-corrected chi connectivity index (χ1v) is 5.54. The summed E-state index contributed by atoms with van der Waals surface area (Å²) in [5.74, 6) is -0.186. The molecule has 1 aromatic rings. The van der Waals surface area contributed by atoms with E-state index in [-0.39, 0.29) is 5.97 Å². The summed E-state index contributed by atoms with van der Waals surface area (Å²) in [5, 5.41) is 9.83. The van der Waals surface area contributed by atoms with Crippen LogP contribution < -0.4 is 0 Å². The Balaban J connectivity index is 2.21. The van der Waals surface area contributed by atoms with Crippen molar-refractivity contribution in [2.45, 2.75) is 31.8 Å². The molecule has 3 nitrogen and oxygen atoms in total. The van der Waals surface area contributed by atoms with Crippen LogP contribution in [0.1, 0.15) is 37.4 Å². The Labute approximate surface area is 96.1 Å². The van der Waals surface area contributed by atoms with Crippen LogP contribution in [-0.2, 0) is 9.53 Å². The SMILES string of the molecule is COC(=O)CCCCC(O)c1ccccc1. The van der Waals surface area contributed by atoms with E-state index in [1.54, 1.807) is 0 Å². The summed E-state index contributed by atoms with van der Waals surface area (Å²) in [6.07, 6.45) is 2.26. The molecule has 1 atom stereocenters. The molecule has 0 aliphatic carbocycles. The molecule has 88 valence electrons. The van der Waals surface area contributed by atoms with Gasteiger partial charge in [-0.25, -0.2) is 0 Å². The Hall–Kier alpha value is -1.35. The highest BCUT2D eigenvalue weighted by Crippen LogP contribution is 2.18. The Morgan fingerprint density at radius 1 is 1.31 bits per heavy atom. The van der Waals surface area contributed by atoms with Crippen molar-refractivity contribution in [3.05, 3.63) is 35.9 Å². The summed E-state index contributed by atoms with van der Waals surface area (Å²) in [7, 11) is 1.39. The lowest BCUT2D eigenvalue weighted by Gasteiger charge is -2.10. The second-order valence-corrected chi connectivity index (χ2v) is 3.75. The van der Waals surface area contributed by atoms with E-state index in [4.69, 9.17) is 0 Å². The quantitative estimate of drug-likeness (QED) is 0.594. The maximum atomic E-state index is 10.8. The van der Waals surface area contributed by atoms with Crippen LogP contribution in [0.25, 0.3) is 0 Å². The van der Waals surface area contributed by atoms with Gasteiger partial charge in [0.1, 0.15) is 0 Å². The second-order valence-electron chi connectivity index (χ2n) is 3.75. The second kappa shape index (κ2) is 7.01. The minimum Gasteiger partial charge on any atom is -0.469 e. The molecule has 1 rings (SSSR count). The molecule has 1 N–H and O–H groups in total. The fourth-order valence-corrected chi connectivity index (χ4v) is 1.55. The average molecular weight is 222 g/mol. The number of ether oxygens (including phenoxy) is 1. The van der Waals surface area contributed by atoms with Crippen LogP contribution in [0.15, 0.2) is 30.3 Å². The maximum Gasteiger partial charge on any atom is 0.305 e. The standard InChI is InChI=1S/C13H18O3/c1-16-13(15)10-6-5-9-12(14)11-7-3-2-4-8-11/h2-4,7-8,12,14H,5-6,9-10H2,1H3. The fourth-order valence-electron chi connectivity index (χ4n) is 1.55. The van der Waals surface area contributed by atoms with Crippen molar-refractivity contribution < 1.29 is 14.6 Å². The topological polar surface area (TPSA) is 46.5 Å². The highest BCUT2D eigenvalue weighted by molar-refractivity contribution is 5.68. The van der Waals surface area contributed by atoms with E-state index in [2.05, 4.69) is 4.74 Å². The van der Waals surface area contributed by atoms with Crippen LogP contribution in [0.2, 0.25) is 0 Å². The van der Waals surface area contributed by atoms with Crippen LogP contribution in [-0.4, -0.2) is 18.2 Å². The number of rotatable bonds is 6. The van der Waals surface area contributed by atoms with Gasteiger partial charge in [0.15, 0.2) is 0 Å². The first-order chi connectivity index (χ1) is 7.74. The number of aliphatic hydroxyl groups excluding tert-OH is 1. The third kappa shape index (κ3) is 4.45. The molecule has 1 aromatic carbocycles. The number of methoxy groups -OCH3 is 1. The van der Waals surface area contributed by atoms with Gasteiger partial charge in [0.25, 0.3) is 0 Å². The highest BCUT2D eigenvalue weighted by Gasteiger charge is 2.07. The van der Waals surface area contributed by atoms with Crippen LogP contribution in [0, 0.1) is 0 Å². The zero-order chi connectivity index (χ0) is 11.8. The Kier molecular flexibility index (Phi) is 5.57. The zero-order valence-corrected chi connectivity index (χ0v) is 9.56.